The van der Waals surface area contributed by atoms with Crippen LogP contribution in [0.3, 0.4) is 0 Å². The number of amides is 1. The second-order valence-corrected chi connectivity index (χ2v) is 22.9. The molecule has 12 atom stereocenters. The largest absolute Gasteiger partial charge is 0.394 e. The van der Waals surface area contributed by atoms with Crippen molar-refractivity contribution in [3.8, 4) is 0 Å². The highest BCUT2D eigenvalue weighted by atomic mass is 16.7. The van der Waals surface area contributed by atoms with Crippen molar-refractivity contribution in [2.24, 2.45) is 0 Å². The normalized spacial score (nSPS) is 24.5. The van der Waals surface area contributed by atoms with Crippen LogP contribution in [0, 0.1) is 0 Å². The summed E-state index contributed by atoms with van der Waals surface area (Å²) in [6.45, 7) is 2.65. The van der Waals surface area contributed by atoms with Crippen LogP contribution < -0.4 is 5.32 Å². The number of allylic oxidation sites excluding steroid dienone is 13. The summed E-state index contributed by atoms with van der Waals surface area (Å²) in [6.07, 6.45) is 55.1. The Balaban J connectivity index is 1.61. The van der Waals surface area contributed by atoms with Crippen molar-refractivity contribution in [3.05, 3.63) is 85.1 Å². The van der Waals surface area contributed by atoms with Gasteiger partial charge in [-0.2, -0.15) is 0 Å². The average Bonchev–Trinajstić information content (AvgIpc) is 3.56. The van der Waals surface area contributed by atoms with Crippen LogP contribution in [-0.2, 0) is 23.7 Å². The highest BCUT2D eigenvalue weighted by molar-refractivity contribution is 5.76. The molecule has 474 valence electrons. The van der Waals surface area contributed by atoms with Crippen molar-refractivity contribution in [2.45, 2.75) is 319 Å². The number of ether oxygens (including phenoxy) is 4. The van der Waals surface area contributed by atoms with Gasteiger partial charge in [-0.25, -0.2) is 0 Å². The van der Waals surface area contributed by atoms with E-state index in [0.717, 1.165) is 64.2 Å². The summed E-state index contributed by atoms with van der Waals surface area (Å²) < 4.78 is 22.8. The van der Waals surface area contributed by atoms with Gasteiger partial charge in [0.1, 0.15) is 48.8 Å². The minimum atomic E-state index is -1.79. The number of unbranched alkanes of at least 4 members (excludes halogenated alkanes) is 27. The number of rotatable bonds is 52. The zero-order chi connectivity index (χ0) is 59.5. The van der Waals surface area contributed by atoms with Crippen molar-refractivity contribution < 1.29 is 64.6 Å². The Hall–Kier alpha value is -2.83. The maximum atomic E-state index is 13.3. The van der Waals surface area contributed by atoms with E-state index < -0.39 is 86.8 Å². The molecule has 2 aliphatic heterocycles. The van der Waals surface area contributed by atoms with Gasteiger partial charge in [0, 0.05) is 6.42 Å². The lowest BCUT2D eigenvalue weighted by molar-refractivity contribution is -0.359. The van der Waals surface area contributed by atoms with Gasteiger partial charge in [-0.1, -0.05) is 247 Å². The number of carbonyl (C=O) groups is 1. The van der Waals surface area contributed by atoms with E-state index in [2.05, 4.69) is 92.1 Å². The molecule has 0 spiro atoms. The van der Waals surface area contributed by atoms with E-state index in [1.807, 2.05) is 6.08 Å². The summed E-state index contributed by atoms with van der Waals surface area (Å²) in [6, 6.07) is -0.933. The fraction of sp³-hybridized carbons (Fsp3) is 0.779. The first kappa shape index (κ1) is 75.3. The Kier molecular flexibility index (Phi) is 48.2. The fourth-order valence-corrected chi connectivity index (χ4v) is 10.3. The van der Waals surface area contributed by atoms with Gasteiger partial charge < -0.3 is 65.1 Å². The van der Waals surface area contributed by atoms with E-state index in [4.69, 9.17) is 18.9 Å². The average molecular weight is 1160 g/mol. The molecule has 0 aromatic heterocycles. The molecule has 0 radical (unpaired) electrons. The van der Waals surface area contributed by atoms with Crippen LogP contribution in [0.25, 0.3) is 0 Å². The minimum Gasteiger partial charge on any atom is -0.394 e. The van der Waals surface area contributed by atoms with Crippen LogP contribution in [-0.4, -0.2) is 140 Å². The van der Waals surface area contributed by atoms with Crippen LogP contribution in [0.1, 0.15) is 245 Å². The van der Waals surface area contributed by atoms with Gasteiger partial charge in [0.25, 0.3) is 0 Å². The van der Waals surface area contributed by atoms with Gasteiger partial charge in [0.2, 0.25) is 5.91 Å². The van der Waals surface area contributed by atoms with Crippen molar-refractivity contribution >= 4 is 5.91 Å². The molecular weight excluding hydrogens is 1040 g/mol. The number of carbonyl (C=O) groups excluding carboxylic acids is 1. The number of aliphatic hydroxyl groups excluding tert-OH is 8. The van der Waals surface area contributed by atoms with Crippen LogP contribution in [0.2, 0.25) is 0 Å². The number of aliphatic hydroxyl groups is 8. The summed E-state index contributed by atoms with van der Waals surface area (Å²) in [4.78, 5) is 13.3. The molecule has 0 aromatic carbocycles. The quantitative estimate of drug-likeness (QED) is 0.0204. The number of hydrogen-bond acceptors (Lipinski definition) is 13. The number of hydrogen-bond donors (Lipinski definition) is 9. The maximum absolute atomic E-state index is 13.3. The van der Waals surface area contributed by atoms with Crippen molar-refractivity contribution in [2.75, 3.05) is 19.8 Å². The van der Waals surface area contributed by atoms with Gasteiger partial charge in [-0.05, 0) is 77.0 Å². The van der Waals surface area contributed by atoms with E-state index in [0.29, 0.717) is 12.8 Å². The first-order chi connectivity index (χ1) is 40.1. The van der Waals surface area contributed by atoms with E-state index in [1.165, 1.54) is 148 Å². The second-order valence-electron chi connectivity index (χ2n) is 22.9. The molecule has 2 rings (SSSR count). The molecule has 0 saturated carbocycles. The molecule has 0 aliphatic carbocycles. The lowest BCUT2D eigenvalue weighted by Gasteiger charge is -2.46. The Morgan fingerprint density at radius 1 is 0.451 bits per heavy atom. The summed E-state index contributed by atoms with van der Waals surface area (Å²) >= 11 is 0. The first-order valence-electron chi connectivity index (χ1n) is 32.8. The molecule has 14 nitrogen and oxygen atoms in total. The van der Waals surface area contributed by atoms with Gasteiger partial charge in [-0.3, -0.25) is 4.79 Å². The molecule has 2 aliphatic rings. The zero-order valence-electron chi connectivity index (χ0n) is 51.2. The lowest BCUT2D eigenvalue weighted by Crippen LogP contribution is -2.65. The summed E-state index contributed by atoms with van der Waals surface area (Å²) in [5, 5.41) is 87.1. The molecule has 1 amide bonds. The topological polar surface area (TPSA) is 228 Å². The fourth-order valence-electron chi connectivity index (χ4n) is 10.3. The monoisotopic (exact) mass is 1160 g/mol. The van der Waals surface area contributed by atoms with Crippen LogP contribution in [0.4, 0.5) is 0 Å². The third-order valence-electron chi connectivity index (χ3n) is 15.6. The van der Waals surface area contributed by atoms with Crippen LogP contribution in [0.15, 0.2) is 85.1 Å². The van der Waals surface area contributed by atoms with Crippen molar-refractivity contribution in [3.63, 3.8) is 0 Å². The standard InChI is InChI=1S/C68H119NO13/c1-3-5-7-9-11-13-15-17-18-19-20-21-22-23-24-25-26-27-28-29-30-31-32-33-34-35-36-37-38-40-42-44-46-48-50-52-60(73)69-56(57(72)51-49-47-45-43-41-39-16-14-12-10-8-6-4-2)55-79-67-65(78)63(76)66(59(54-71)81-67)82-68-64(77)62(75)61(74)58(53-70)80-68/h5,7,11,13,17-18,20-21,23-24,41,43,49,51,56-59,61-68,70-72,74-78H,3-4,6,8-10,12,14-16,19,22,25-40,42,44-48,50,52-55H2,1-2H3,(H,69,73)/b7-5-,13-11-,18-17-,21-20-,24-23-,43-41+,51-49+. The molecule has 82 heavy (non-hydrogen) atoms. The van der Waals surface area contributed by atoms with E-state index >= 15 is 0 Å². The summed E-state index contributed by atoms with van der Waals surface area (Å²) in [7, 11) is 0. The molecule has 9 N–H and O–H groups in total. The Morgan fingerprint density at radius 3 is 1.34 bits per heavy atom. The smallest absolute Gasteiger partial charge is 0.220 e. The van der Waals surface area contributed by atoms with E-state index in [1.54, 1.807) is 6.08 Å². The Labute approximate surface area is 497 Å². The van der Waals surface area contributed by atoms with E-state index in [9.17, 15) is 45.6 Å². The predicted molar refractivity (Wildman–Crippen MR) is 332 cm³/mol. The van der Waals surface area contributed by atoms with Gasteiger partial charge >= 0.3 is 0 Å². The molecular formula is C68H119NO13. The Bertz CT molecular complexity index is 1700. The highest BCUT2D eigenvalue weighted by Crippen LogP contribution is 2.30. The van der Waals surface area contributed by atoms with Crippen LogP contribution in [0.5, 0.6) is 0 Å². The van der Waals surface area contributed by atoms with Gasteiger partial charge in [0.05, 0.1) is 32.0 Å². The zero-order valence-corrected chi connectivity index (χ0v) is 51.2. The molecule has 2 heterocycles. The summed E-state index contributed by atoms with van der Waals surface area (Å²) in [5.74, 6) is -0.250. The molecule has 0 bridgehead atoms. The highest BCUT2D eigenvalue weighted by Gasteiger charge is 2.51. The van der Waals surface area contributed by atoms with Crippen molar-refractivity contribution in [1.29, 1.82) is 0 Å². The Morgan fingerprint density at radius 2 is 0.854 bits per heavy atom. The van der Waals surface area contributed by atoms with Crippen molar-refractivity contribution in [1.82, 2.24) is 5.32 Å². The molecule has 2 fully saturated rings. The third-order valence-corrected chi connectivity index (χ3v) is 15.6. The third kappa shape index (κ3) is 36.9. The predicted octanol–water partition coefficient (Wildman–Crippen LogP) is 12.4. The van der Waals surface area contributed by atoms with Crippen LogP contribution >= 0.6 is 0 Å². The first-order valence-corrected chi connectivity index (χ1v) is 32.8. The lowest BCUT2D eigenvalue weighted by atomic mass is 9.97. The SMILES string of the molecule is CC/C=C\C/C=C\C/C=C\C/C=C\C/C=C\CCCCCCCCCCCCCCCCCCCCCC(=O)NC(COC1OC(CO)C(OC2OC(CO)C(O)C(O)C2O)C(O)C1O)C(O)/C=C/CC/C=C/CCCCCCCCC. The van der Waals surface area contributed by atoms with E-state index in [-0.39, 0.29) is 18.9 Å². The van der Waals surface area contributed by atoms with Gasteiger partial charge in [-0.15, -0.1) is 0 Å². The van der Waals surface area contributed by atoms with Gasteiger partial charge in [0.15, 0.2) is 12.6 Å². The number of nitrogens with one attached hydrogen (secondary N) is 1. The molecule has 12 unspecified atom stereocenters. The molecule has 2 saturated heterocycles. The summed E-state index contributed by atoms with van der Waals surface area (Å²) in [5.41, 5.74) is 0. The minimum absolute atomic E-state index is 0.250. The maximum Gasteiger partial charge on any atom is 0.220 e. The second kappa shape index (κ2) is 52.5. The molecule has 0 aromatic rings. The molecule has 14 heteroatoms.